The number of nitrogens with two attached hydrogens (primary N) is 1. The minimum atomic E-state index is -3.35. The molecule has 1 aromatic rings. The van der Waals surface area contributed by atoms with Gasteiger partial charge in [-0.15, -0.1) is 0 Å². The topological polar surface area (TPSA) is 93.4 Å². The van der Waals surface area contributed by atoms with Crippen LogP contribution in [0.5, 0.6) is 5.75 Å². The Morgan fingerprint density at radius 3 is 2.69 bits per heavy atom. The van der Waals surface area contributed by atoms with Crippen LogP contribution in [-0.2, 0) is 10.0 Å². The molecule has 4 N–H and O–H groups in total. The van der Waals surface area contributed by atoms with E-state index in [1.165, 1.54) is 6.07 Å². The van der Waals surface area contributed by atoms with Gasteiger partial charge < -0.3 is 10.5 Å². The average molecular weight is 245 g/mol. The lowest BCUT2D eigenvalue weighted by Crippen LogP contribution is -2.16. The van der Waals surface area contributed by atoms with Crippen molar-refractivity contribution in [3.05, 3.63) is 18.2 Å². The summed E-state index contributed by atoms with van der Waals surface area (Å²) in [7, 11) is -1.62. The highest BCUT2D eigenvalue weighted by Crippen LogP contribution is 2.27. The maximum absolute atomic E-state index is 11.1. The van der Waals surface area contributed by atoms with E-state index in [0.717, 1.165) is 6.26 Å². The van der Waals surface area contributed by atoms with Crippen molar-refractivity contribution >= 4 is 21.4 Å². The van der Waals surface area contributed by atoms with Crippen LogP contribution in [0.1, 0.15) is 0 Å². The Kier molecular flexibility index (Phi) is 3.97. The van der Waals surface area contributed by atoms with E-state index in [4.69, 9.17) is 10.5 Å². The average Bonchev–Trinajstić information content (AvgIpc) is 2.14. The lowest BCUT2D eigenvalue weighted by molar-refractivity contribution is 0.297. The van der Waals surface area contributed by atoms with Crippen molar-refractivity contribution in [2.75, 3.05) is 30.5 Å². The second kappa shape index (κ2) is 5.04. The van der Waals surface area contributed by atoms with Gasteiger partial charge in [0.05, 0.1) is 11.9 Å². The monoisotopic (exact) mass is 245 g/mol. The predicted octanol–water partition coefficient (Wildman–Crippen LogP) is 0.196. The van der Waals surface area contributed by atoms with E-state index < -0.39 is 10.0 Å². The molecular weight excluding hydrogens is 230 g/mol. The second-order valence-corrected chi connectivity index (χ2v) is 5.02. The van der Waals surface area contributed by atoms with E-state index in [1.807, 2.05) is 0 Å². The van der Waals surface area contributed by atoms with Crippen LogP contribution in [0, 0.1) is 0 Å². The van der Waals surface area contributed by atoms with E-state index >= 15 is 0 Å². The zero-order valence-electron chi connectivity index (χ0n) is 9.15. The van der Waals surface area contributed by atoms with Gasteiger partial charge in [0.15, 0.2) is 0 Å². The standard InChI is InChI=1S/C9H15N3O3S/c1-11-6-15-9-4-3-7(10)5-8(9)12-16(2,13)14/h3-5,11-12H,6,10H2,1-2H3. The van der Waals surface area contributed by atoms with Gasteiger partial charge in [-0.2, -0.15) is 0 Å². The van der Waals surface area contributed by atoms with E-state index in [-0.39, 0.29) is 6.73 Å². The number of rotatable bonds is 5. The zero-order valence-corrected chi connectivity index (χ0v) is 9.97. The first-order chi connectivity index (χ1) is 7.42. The molecule has 0 bridgehead atoms. The van der Waals surface area contributed by atoms with E-state index in [0.29, 0.717) is 17.1 Å². The Balaban J connectivity index is 2.98. The number of sulfonamides is 1. The summed E-state index contributed by atoms with van der Waals surface area (Å²) in [6.45, 7) is 0.280. The summed E-state index contributed by atoms with van der Waals surface area (Å²) in [4.78, 5) is 0. The molecule has 0 radical (unpaired) electrons. The van der Waals surface area contributed by atoms with Crippen LogP contribution < -0.4 is 20.5 Å². The minimum absolute atomic E-state index is 0.280. The largest absolute Gasteiger partial charge is 0.476 e. The molecule has 0 aromatic heterocycles. The molecule has 0 aliphatic carbocycles. The summed E-state index contributed by atoms with van der Waals surface area (Å²) in [6.07, 6.45) is 1.07. The van der Waals surface area contributed by atoms with Crippen molar-refractivity contribution in [3.63, 3.8) is 0 Å². The quantitative estimate of drug-likeness (QED) is 0.509. The molecule has 0 unspecified atom stereocenters. The molecule has 0 amide bonds. The highest BCUT2D eigenvalue weighted by atomic mass is 32.2. The molecule has 1 rings (SSSR count). The van der Waals surface area contributed by atoms with Gasteiger partial charge in [-0.25, -0.2) is 8.42 Å². The van der Waals surface area contributed by atoms with Crippen LogP contribution in [0.2, 0.25) is 0 Å². The van der Waals surface area contributed by atoms with Crippen LogP contribution in [0.25, 0.3) is 0 Å². The number of hydrogen-bond donors (Lipinski definition) is 3. The maximum Gasteiger partial charge on any atom is 0.229 e. The van der Waals surface area contributed by atoms with Crippen molar-refractivity contribution < 1.29 is 13.2 Å². The molecule has 7 heteroatoms. The number of nitrogens with one attached hydrogen (secondary N) is 2. The molecule has 1 aromatic carbocycles. The van der Waals surface area contributed by atoms with Crippen LogP contribution in [0.4, 0.5) is 11.4 Å². The molecule has 0 saturated heterocycles. The number of nitrogen functional groups attached to an aromatic ring is 1. The lowest BCUT2D eigenvalue weighted by Gasteiger charge is -2.12. The molecule has 16 heavy (non-hydrogen) atoms. The van der Waals surface area contributed by atoms with Crippen molar-refractivity contribution in [1.82, 2.24) is 5.32 Å². The summed E-state index contributed by atoms with van der Waals surface area (Å²) >= 11 is 0. The first-order valence-corrected chi connectivity index (χ1v) is 6.46. The highest BCUT2D eigenvalue weighted by molar-refractivity contribution is 7.92. The van der Waals surface area contributed by atoms with Gasteiger partial charge in [-0.05, 0) is 25.2 Å². The smallest absolute Gasteiger partial charge is 0.229 e. The third-order valence-electron chi connectivity index (χ3n) is 1.67. The highest BCUT2D eigenvalue weighted by Gasteiger charge is 2.08. The lowest BCUT2D eigenvalue weighted by atomic mass is 10.2. The molecule has 0 saturated carbocycles. The van der Waals surface area contributed by atoms with Gasteiger partial charge in [0.2, 0.25) is 10.0 Å². The summed E-state index contributed by atoms with van der Waals surface area (Å²) < 4.78 is 29.9. The molecule has 0 atom stereocenters. The van der Waals surface area contributed by atoms with E-state index in [1.54, 1.807) is 19.2 Å². The van der Waals surface area contributed by atoms with Crippen molar-refractivity contribution in [2.24, 2.45) is 0 Å². The fraction of sp³-hybridized carbons (Fsp3) is 0.333. The molecule has 6 nitrogen and oxygen atoms in total. The van der Waals surface area contributed by atoms with Crippen LogP contribution in [0.3, 0.4) is 0 Å². The number of ether oxygens (including phenoxy) is 1. The maximum atomic E-state index is 11.1. The fourth-order valence-electron chi connectivity index (χ4n) is 1.10. The Bertz CT molecular complexity index is 459. The molecule has 0 aliphatic heterocycles. The van der Waals surface area contributed by atoms with Crippen LogP contribution >= 0.6 is 0 Å². The van der Waals surface area contributed by atoms with E-state index in [2.05, 4.69) is 10.0 Å². The first kappa shape index (κ1) is 12.6. The van der Waals surface area contributed by atoms with Gasteiger partial charge in [0, 0.05) is 5.69 Å². The summed E-state index contributed by atoms with van der Waals surface area (Å²) in [6, 6.07) is 4.75. The Labute approximate surface area is 94.8 Å². The zero-order chi connectivity index (χ0) is 12.2. The first-order valence-electron chi connectivity index (χ1n) is 4.57. The van der Waals surface area contributed by atoms with E-state index in [9.17, 15) is 8.42 Å². The second-order valence-electron chi connectivity index (χ2n) is 3.27. The third-order valence-corrected chi connectivity index (χ3v) is 2.26. The molecule has 0 spiro atoms. The molecule has 0 fully saturated rings. The van der Waals surface area contributed by atoms with Crippen molar-refractivity contribution in [1.29, 1.82) is 0 Å². The molecule has 0 aliphatic rings. The predicted molar refractivity (Wildman–Crippen MR) is 63.9 cm³/mol. The normalized spacial score (nSPS) is 11.1. The fourth-order valence-corrected chi connectivity index (χ4v) is 1.66. The summed E-state index contributed by atoms with van der Waals surface area (Å²) in [5, 5.41) is 2.79. The Hall–Kier alpha value is -1.47. The van der Waals surface area contributed by atoms with Gasteiger partial charge in [0.25, 0.3) is 0 Å². The molecular formula is C9H15N3O3S. The SMILES string of the molecule is CNCOc1ccc(N)cc1NS(C)(=O)=O. The Morgan fingerprint density at radius 2 is 2.12 bits per heavy atom. The number of hydrogen-bond acceptors (Lipinski definition) is 5. The van der Waals surface area contributed by atoms with Gasteiger partial charge in [-0.1, -0.05) is 0 Å². The number of anilines is 2. The van der Waals surface area contributed by atoms with Gasteiger partial charge >= 0.3 is 0 Å². The molecule has 0 heterocycles. The summed E-state index contributed by atoms with van der Waals surface area (Å²) in [5.74, 6) is 0.425. The van der Waals surface area contributed by atoms with Crippen molar-refractivity contribution in [3.8, 4) is 5.75 Å². The van der Waals surface area contributed by atoms with Crippen LogP contribution in [-0.4, -0.2) is 28.5 Å². The molecule has 90 valence electrons. The summed E-state index contributed by atoms with van der Waals surface area (Å²) in [5.41, 5.74) is 6.36. The number of benzene rings is 1. The minimum Gasteiger partial charge on any atom is -0.476 e. The third kappa shape index (κ3) is 3.95. The van der Waals surface area contributed by atoms with Gasteiger partial charge in [-0.3, -0.25) is 10.0 Å². The Morgan fingerprint density at radius 1 is 1.44 bits per heavy atom. The van der Waals surface area contributed by atoms with Crippen molar-refractivity contribution in [2.45, 2.75) is 0 Å². The van der Waals surface area contributed by atoms with Gasteiger partial charge in [0.1, 0.15) is 12.5 Å². The van der Waals surface area contributed by atoms with Crippen LogP contribution in [0.15, 0.2) is 18.2 Å².